The summed E-state index contributed by atoms with van der Waals surface area (Å²) in [4.78, 5) is 28.7. The summed E-state index contributed by atoms with van der Waals surface area (Å²) in [6, 6.07) is 25.5. The van der Waals surface area contributed by atoms with E-state index in [1.165, 1.54) is 4.90 Å². The summed E-state index contributed by atoms with van der Waals surface area (Å²) < 4.78 is 31.7. The van der Waals surface area contributed by atoms with Crippen LogP contribution in [0.15, 0.2) is 84.9 Å². The number of hydrogen-bond donors (Lipinski definition) is 0. The second kappa shape index (κ2) is 15.3. The van der Waals surface area contributed by atoms with Crippen molar-refractivity contribution < 1.29 is 33.3 Å². The van der Waals surface area contributed by atoms with Gasteiger partial charge in [-0.05, 0) is 23.3 Å². The number of rotatable bonds is 14. The van der Waals surface area contributed by atoms with Crippen LogP contribution in [-0.2, 0) is 36.9 Å². The first-order chi connectivity index (χ1) is 20.6. The fourth-order valence-corrected chi connectivity index (χ4v) is 5.65. The number of carbonyl (C=O) groups is 2. The third kappa shape index (κ3) is 7.19. The Balaban J connectivity index is 1.48. The fraction of sp³-hybridized carbons (Fsp3) is 0.375. The van der Waals surface area contributed by atoms with Crippen molar-refractivity contribution in [2.24, 2.45) is 0 Å². The lowest BCUT2D eigenvalue weighted by Crippen LogP contribution is -2.67. The predicted octanol–water partition coefficient (Wildman–Crippen LogP) is 5.37. The molecule has 2 amide bonds. The van der Waals surface area contributed by atoms with E-state index < -0.39 is 42.5 Å². The highest BCUT2D eigenvalue weighted by atomic mass is 79.9. The van der Waals surface area contributed by atoms with Crippen LogP contribution in [0.4, 0.5) is 0 Å². The fourth-order valence-electron chi connectivity index (χ4n) is 5.28. The lowest BCUT2D eigenvalue weighted by atomic mass is 9.94. The number of imide groups is 1. The molecule has 0 N–H and O–H groups in total. The molecule has 3 aromatic carbocycles. The Morgan fingerprint density at radius 2 is 1.21 bits per heavy atom. The molecule has 1 fully saturated rings. The van der Waals surface area contributed by atoms with Crippen LogP contribution in [0.5, 0.6) is 0 Å². The van der Waals surface area contributed by atoms with E-state index in [1.54, 1.807) is 24.3 Å². The van der Waals surface area contributed by atoms with E-state index in [0.717, 1.165) is 11.1 Å². The minimum atomic E-state index is -0.973. The number of carbonyl (C=O) groups excluding carboxylic acids is 2. The molecule has 42 heavy (non-hydrogen) atoms. The molecule has 2 aliphatic heterocycles. The van der Waals surface area contributed by atoms with Crippen molar-refractivity contribution in [2.45, 2.75) is 43.9 Å². The topological polar surface area (TPSA) is 83.5 Å². The molecule has 0 bridgehead atoms. The molecule has 2 aliphatic rings. The number of halogens is 2. The molecule has 222 valence electrons. The number of benzene rings is 3. The van der Waals surface area contributed by atoms with E-state index in [9.17, 15) is 9.59 Å². The first-order valence-corrected chi connectivity index (χ1v) is 16.1. The number of amides is 2. The molecular formula is C32H33Br2NO7. The summed E-state index contributed by atoms with van der Waals surface area (Å²) in [6.45, 7) is 1.46. The third-order valence-electron chi connectivity index (χ3n) is 7.16. The van der Waals surface area contributed by atoms with Crippen LogP contribution in [0.1, 0.15) is 31.8 Å². The van der Waals surface area contributed by atoms with Gasteiger partial charge in [0.15, 0.2) is 6.29 Å². The first kappa shape index (κ1) is 31.0. The van der Waals surface area contributed by atoms with Crippen LogP contribution < -0.4 is 0 Å². The van der Waals surface area contributed by atoms with Gasteiger partial charge in [-0.2, -0.15) is 0 Å². The summed E-state index contributed by atoms with van der Waals surface area (Å²) in [5.41, 5.74) is 2.66. The van der Waals surface area contributed by atoms with E-state index >= 15 is 0 Å². The van der Waals surface area contributed by atoms with Crippen molar-refractivity contribution in [1.82, 2.24) is 4.90 Å². The lowest BCUT2D eigenvalue weighted by molar-refractivity contribution is -0.295. The molecule has 0 unspecified atom stereocenters. The maximum absolute atomic E-state index is 13.7. The first-order valence-electron chi connectivity index (χ1n) is 13.9. The van der Waals surface area contributed by atoms with Gasteiger partial charge in [0.05, 0.1) is 44.2 Å². The molecule has 5 rings (SSSR count). The monoisotopic (exact) mass is 701 g/mol. The number of fused-ring (bicyclic) bond motifs is 1. The van der Waals surface area contributed by atoms with Gasteiger partial charge in [0.2, 0.25) is 0 Å². The average Bonchev–Trinajstić information content (AvgIpc) is 3.28. The molecule has 0 spiro atoms. The molecule has 5 atom stereocenters. The zero-order chi connectivity index (χ0) is 29.3. The van der Waals surface area contributed by atoms with Crippen LogP contribution in [0.2, 0.25) is 0 Å². The molecule has 0 radical (unpaired) electrons. The Bertz CT molecular complexity index is 1280. The zero-order valence-corrected chi connectivity index (χ0v) is 26.2. The number of hydrogen-bond acceptors (Lipinski definition) is 7. The van der Waals surface area contributed by atoms with Crippen molar-refractivity contribution in [3.8, 4) is 0 Å². The van der Waals surface area contributed by atoms with Gasteiger partial charge in [-0.15, -0.1) is 0 Å². The van der Waals surface area contributed by atoms with Crippen LogP contribution in [-0.4, -0.2) is 77.8 Å². The SMILES string of the molecule is O=C1c2ccccc2C(=O)N1[C@@H]1[C@@H](OCCBr)O[C@H](COCc2ccccc2)[C@@H](OCCBr)[C@@H]1OCc1ccccc1. The Morgan fingerprint density at radius 1 is 0.667 bits per heavy atom. The second-order valence-corrected chi connectivity index (χ2v) is 11.5. The predicted molar refractivity (Wildman–Crippen MR) is 164 cm³/mol. The van der Waals surface area contributed by atoms with Gasteiger partial charge in [0, 0.05) is 10.7 Å². The highest BCUT2D eigenvalue weighted by Crippen LogP contribution is 2.36. The van der Waals surface area contributed by atoms with E-state index in [1.807, 2.05) is 60.7 Å². The van der Waals surface area contributed by atoms with Gasteiger partial charge in [0.1, 0.15) is 24.4 Å². The molecule has 3 aromatic rings. The number of ether oxygens (including phenoxy) is 5. The zero-order valence-electron chi connectivity index (χ0n) is 23.0. The third-order valence-corrected chi connectivity index (χ3v) is 7.81. The Kier molecular flexibility index (Phi) is 11.3. The van der Waals surface area contributed by atoms with Gasteiger partial charge in [-0.1, -0.05) is 105 Å². The van der Waals surface area contributed by atoms with Gasteiger partial charge in [0.25, 0.3) is 11.8 Å². The minimum Gasteiger partial charge on any atom is -0.374 e. The summed E-state index contributed by atoms with van der Waals surface area (Å²) in [6.07, 6.45) is -3.01. The quantitative estimate of drug-likeness (QED) is 0.165. The highest BCUT2D eigenvalue weighted by Gasteiger charge is 2.55. The average molecular weight is 703 g/mol. The number of alkyl halides is 2. The van der Waals surface area contributed by atoms with Crippen molar-refractivity contribution in [2.75, 3.05) is 30.5 Å². The standard InChI is InChI=1S/C32H33Br2NO7/c33-15-17-39-28-26(21-38-19-22-9-3-1-4-10-22)42-32(40-18-16-34)27(29(28)41-20-23-11-5-2-6-12-23)35-30(36)24-13-7-8-14-25(24)31(35)37/h1-14,26-29,32H,15-21H2/t26-,27+,28-,29-,32+/m1/s1. The maximum Gasteiger partial charge on any atom is 0.262 e. The van der Waals surface area contributed by atoms with Gasteiger partial charge >= 0.3 is 0 Å². The van der Waals surface area contributed by atoms with Crippen LogP contribution in [0, 0.1) is 0 Å². The van der Waals surface area contributed by atoms with E-state index in [-0.39, 0.29) is 13.2 Å². The Labute approximate surface area is 262 Å². The smallest absolute Gasteiger partial charge is 0.262 e. The minimum absolute atomic E-state index is 0.191. The summed E-state index contributed by atoms with van der Waals surface area (Å²) in [5.74, 6) is -0.828. The normalized spacial score (nSPS) is 23.8. The van der Waals surface area contributed by atoms with Gasteiger partial charge < -0.3 is 23.7 Å². The van der Waals surface area contributed by atoms with Crippen molar-refractivity contribution in [3.63, 3.8) is 0 Å². The molecular weight excluding hydrogens is 670 g/mol. The molecule has 2 heterocycles. The van der Waals surface area contributed by atoms with Gasteiger partial charge in [-0.3, -0.25) is 14.5 Å². The van der Waals surface area contributed by atoms with E-state index in [4.69, 9.17) is 23.7 Å². The van der Waals surface area contributed by atoms with Crippen molar-refractivity contribution >= 4 is 43.7 Å². The molecule has 0 aliphatic carbocycles. The van der Waals surface area contributed by atoms with Crippen LogP contribution in [0.25, 0.3) is 0 Å². The van der Waals surface area contributed by atoms with E-state index in [0.29, 0.717) is 41.6 Å². The van der Waals surface area contributed by atoms with Crippen LogP contribution in [0.3, 0.4) is 0 Å². The van der Waals surface area contributed by atoms with Crippen molar-refractivity contribution in [3.05, 3.63) is 107 Å². The maximum atomic E-state index is 13.7. The summed E-state index contributed by atoms with van der Waals surface area (Å²) >= 11 is 6.87. The highest BCUT2D eigenvalue weighted by molar-refractivity contribution is 9.09. The summed E-state index contributed by atoms with van der Waals surface area (Å²) in [5, 5.41) is 1.11. The summed E-state index contributed by atoms with van der Waals surface area (Å²) in [7, 11) is 0. The molecule has 10 heteroatoms. The molecule has 1 saturated heterocycles. The molecule has 0 saturated carbocycles. The second-order valence-electron chi connectivity index (χ2n) is 9.91. The molecule has 8 nitrogen and oxygen atoms in total. The molecule has 0 aromatic heterocycles. The van der Waals surface area contributed by atoms with Crippen LogP contribution >= 0.6 is 31.9 Å². The number of nitrogens with zero attached hydrogens (tertiary/aromatic N) is 1. The van der Waals surface area contributed by atoms with Crippen molar-refractivity contribution in [1.29, 1.82) is 0 Å². The Morgan fingerprint density at radius 3 is 1.81 bits per heavy atom. The van der Waals surface area contributed by atoms with E-state index in [2.05, 4.69) is 31.9 Å². The van der Waals surface area contributed by atoms with Gasteiger partial charge in [-0.25, -0.2) is 0 Å². The lowest BCUT2D eigenvalue weighted by Gasteiger charge is -2.48. The largest absolute Gasteiger partial charge is 0.374 e. The Hall–Kier alpha value is -2.44.